The maximum Gasteiger partial charge on any atom is 0.150 e. The van der Waals surface area contributed by atoms with Crippen LogP contribution in [0.1, 0.15) is 33.1 Å². The molecule has 0 aliphatic heterocycles. The quantitative estimate of drug-likeness (QED) is 0.784. The van der Waals surface area contributed by atoms with Gasteiger partial charge in [-0.15, -0.1) is 0 Å². The summed E-state index contributed by atoms with van der Waals surface area (Å²) in [7, 11) is 0. The van der Waals surface area contributed by atoms with Gasteiger partial charge in [0.15, 0.2) is 6.10 Å². The molecule has 1 fully saturated rings. The molecule has 1 aromatic carbocycles. The zero-order valence-electron chi connectivity index (χ0n) is 11.8. The van der Waals surface area contributed by atoms with Crippen LogP contribution in [0.2, 0.25) is 0 Å². The first-order chi connectivity index (χ1) is 9.22. The maximum atomic E-state index is 10.0. The smallest absolute Gasteiger partial charge is 0.150 e. The molecule has 106 valence electrons. The summed E-state index contributed by atoms with van der Waals surface area (Å²) in [6, 6.07) is 9.66. The zero-order chi connectivity index (χ0) is 13.7. The summed E-state index contributed by atoms with van der Waals surface area (Å²) < 4.78 is 11.9. The number of aliphatic hydroxyl groups excluding tert-OH is 1. The molecule has 1 N–H and O–H groups in total. The van der Waals surface area contributed by atoms with Gasteiger partial charge in [-0.2, -0.15) is 0 Å². The van der Waals surface area contributed by atoms with Gasteiger partial charge in [0.05, 0.1) is 12.2 Å². The lowest BCUT2D eigenvalue weighted by atomic mass is 10.0. The van der Waals surface area contributed by atoms with Gasteiger partial charge in [0.25, 0.3) is 0 Å². The molecule has 1 aromatic rings. The number of hydrogen-bond donors (Lipinski definition) is 1. The average Bonchev–Trinajstić information content (AvgIpc) is 3.23. The van der Waals surface area contributed by atoms with Gasteiger partial charge in [0.1, 0.15) is 5.75 Å². The second-order valence-corrected chi connectivity index (χ2v) is 5.31. The van der Waals surface area contributed by atoms with Crippen LogP contribution in [0.25, 0.3) is 0 Å². The number of rotatable bonds is 8. The predicted molar refractivity (Wildman–Crippen MR) is 75.3 cm³/mol. The second kappa shape index (κ2) is 6.92. The van der Waals surface area contributed by atoms with Crippen molar-refractivity contribution in [3.63, 3.8) is 0 Å². The van der Waals surface area contributed by atoms with Crippen molar-refractivity contribution < 1.29 is 14.6 Å². The van der Waals surface area contributed by atoms with Crippen molar-refractivity contribution in [3.8, 4) is 5.75 Å². The summed E-state index contributed by atoms with van der Waals surface area (Å²) >= 11 is 0. The third-order valence-corrected chi connectivity index (χ3v) is 3.42. The van der Waals surface area contributed by atoms with E-state index in [1.807, 2.05) is 30.3 Å². The van der Waals surface area contributed by atoms with E-state index in [-0.39, 0.29) is 12.2 Å². The summed E-state index contributed by atoms with van der Waals surface area (Å²) in [6.07, 6.45) is 2.51. The molecule has 0 spiro atoms. The Morgan fingerprint density at radius 3 is 2.47 bits per heavy atom. The Hall–Kier alpha value is -1.06. The Kier molecular flexibility index (Phi) is 5.23. The summed E-state index contributed by atoms with van der Waals surface area (Å²) in [5.74, 6) is 1.33. The minimum Gasteiger partial charge on any atom is -0.485 e. The highest BCUT2D eigenvalue weighted by Crippen LogP contribution is 2.37. The summed E-state index contributed by atoms with van der Waals surface area (Å²) in [4.78, 5) is 0. The van der Waals surface area contributed by atoms with Crippen LogP contribution in [-0.4, -0.2) is 30.0 Å². The zero-order valence-corrected chi connectivity index (χ0v) is 11.8. The van der Waals surface area contributed by atoms with Crippen LogP contribution >= 0.6 is 0 Å². The Morgan fingerprint density at radius 2 is 1.95 bits per heavy atom. The first-order valence-electron chi connectivity index (χ1n) is 7.23. The topological polar surface area (TPSA) is 38.7 Å². The third kappa shape index (κ3) is 4.22. The first kappa shape index (κ1) is 14.4. The molecule has 0 saturated heterocycles. The Labute approximate surface area is 115 Å². The van der Waals surface area contributed by atoms with Crippen molar-refractivity contribution in [1.29, 1.82) is 0 Å². The molecule has 3 atom stereocenters. The monoisotopic (exact) mass is 264 g/mol. The average molecular weight is 264 g/mol. The Morgan fingerprint density at radius 1 is 1.26 bits per heavy atom. The first-order valence-corrected chi connectivity index (χ1v) is 7.23. The number of para-hydroxylation sites is 1. The number of benzene rings is 1. The highest BCUT2D eigenvalue weighted by atomic mass is 16.5. The normalized spacial score (nSPS) is 19.7. The van der Waals surface area contributed by atoms with Gasteiger partial charge >= 0.3 is 0 Å². The molecule has 0 radical (unpaired) electrons. The Balaban J connectivity index is 2.04. The number of ether oxygens (including phenoxy) is 2. The summed E-state index contributed by atoms with van der Waals surface area (Å²) in [6.45, 7) is 4.60. The van der Waals surface area contributed by atoms with E-state index in [2.05, 4.69) is 6.92 Å². The molecule has 0 amide bonds. The van der Waals surface area contributed by atoms with E-state index in [0.717, 1.165) is 18.8 Å². The van der Waals surface area contributed by atoms with E-state index in [9.17, 15) is 5.11 Å². The highest BCUT2D eigenvalue weighted by molar-refractivity contribution is 5.21. The van der Waals surface area contributed by atoms with Gasteiger partial charge in [0, 0.05) is 6.61 Å². The van der Waals surface area contributed by atoms with Crippen molar-refractivity contribution in [2.45, 2.75) is 51.4 Å². The van der Waals surface area contributed by atoms with Crippen molar-refractivity contribution in [2.24, 2.45) is 5.92 Å². The second-order valence-electron chi connectivity index (χ2n) is 5.31. The molecule has 1 saturated carbocycles. The van der Waals surface area contributed by atoms with Crippen LogP contribution in [0.15, 0.2) is 30.3 Å². The minimum absolute atomic E-state index is 0.000145. The summed E-state index contributed by atoms with van der Waals surface area (Å²) in [5, 5.41) is 10.0. The van der Waals surface area contributed by atoms with E-state index in [4.69, 9.17) is 9.47 Å². The number of hydrogen-bond acceptors (Lipinski definition) is 3. The molecule has 3 nitrogen and oxygen atoms in total. The lowest BCUT2D eigenvalue weighted by Gasteiger charge is -2.30. The lowest BCUT2D eigenvalue weighted by molar-refractivity contribution is -0.0813. The van der Waals surface area contributed by atoms with Gasteiger partial charge in [-0.05, 0) is 44.2 Å². The predicted octanol–water partition coefficient (Wildman–Crippen LogP) is 3.02. The van der Waals surface area contributed by atoms with E-state index in [1.54, 1.807) is 6.92 Å². The van der Waals surface area contributed by atoms with Crippen molar-refractivity contribution in [3.05, 3.63) is 30.3 Å². The lowest BCUT2D eigenvalue weighted by Crippen LogP contribution is -2.43. The van der Waals surface area contributed by atoms with Gasteiger partial charge < -0.3 is 14.6 Å². The fraction of sp³-hybridized carbons (Fsp3) is 0.625. The molecule has 3 heteroatoms. The molecule has 19 heavy (non-hydrogen) atoms. The van der Waals surface area contributed by atoms with Crippen LogP contribution < -0.4 is 4.74 Å². The molecule has 2 rings (SSSR count). The van der Waals surface area contributed by atoms with Gasteiger partial charge in [0.2, 0.25) is 0 Å². The largest absolute Gasteiger partial charge is 0.485 e. The van der Waals surface area contributed by atoms with Crippen molar-refractivity contribution in [1.82, 2.24) is 0 Å². The third-order valence-electron chi connectivity index (χ3n) is 3.42. The Bertz CT molecular complexity index is 360. The molecule has 0 bridgehead atoms. The van der Waals surface area contributed by atoms with Crippen molar-refractivity contribution in [2.75, 3.05) is 6.61 Å². The van der Waals surface area contributed by atoms with Gasteiger partial charge in [-0.25, -0.2) is 0 Å². The number of aliphatic hydroxyl groups is 1. The molecule has 0 heterocycles. The van der Waals surface area contributed by atoms with E-state index in [1.165, 1.54) is 12.8 Å². The van der Waals surface area contributed by atoms with E-state index in [0.29, 0.717) is 5.92 Å². The van der Waals surface area contributed by atoms with Gasteiger partial charge in [-0.3, -0.25) is 0 Å². The summed E-state index contributed by atoms with van der Waals surface area (Å²) in [5.41, 5.74) is 0. The molecule has 1 aliphatic carbocycles. The van der Waals surface area contributed by atoms with Crippen LogP contribution in [0.4, 0.5) is 0 Å². The van der Waals surface area contributed by atoms with Crippen LogP contribution in [0.3, 0.4) is 0 Å². The molecule has 0 unspecified atom stereocenters. The SMILES string of the molecule is CCCO[C@@H](C1CC1)[C@@H](Oc1ccccc1)[C@H](C)O. The van der Waals surface area contributed by atoms with Crippen LogP contribution in [0.5, 0.6) is 5.75 Å². The fourth-order valence-electron chi connectivity index (χ4n) is 2.27. The maximum absolute atomic E-state index is 10.0. The highest BCUT2D eigenvalue weighted by Gasteiger charge is 2.40. The van der Waals surface area contributed by atoms with Gasteiger partial charge in [-0.1, -0.05) is 25.1 Å². The standard InChI is InChI=1S/C16H24O3/c1-3-11-18-16(13-9-10-13)15(12(2)17)19-14-7-5-4-6-8-14/h4-8,12-13,15-17H,3,9-11H2,1-2H3/t12-,15-,16-/m0/s1. The molecule has 1 aliphatic rings. The molecular formula is C16H24O3. The fourth-order valence-corrected chi connectivity index (χ4v) is 2.27. The van der Waals surface area contributed by atoms with Crippen molar-refractivity contribution >= 4 is 0 Å². The minimum atomic E-state index is -0.539. The molecule has 0 aromatic heterocycles. The molecular weight excluding hydrogens is 240 g/mol. The van der Waals surface area contributed by atoms with Crippen LogP contribution in [0, 0.1) is 5.92 Å². The van der Waals surface area contributed by atoms with E-state index < -0.39 is 6.10 Å². The van der Waals surface area contributed by atoms with Crippen LogP contribution in [-0.2, 0) is 4.74 Å². The van der Waals surface area contributed by atoms with E-state index >= 15 is 0 Å².